The molecule has 0 amide bonds. The van der Waals surface area contributed by atoms with Crippen LogP contribution in [0.15, 0.2) is 24.3 Å². The molecule has 0 radical (unpaired) electrons. The smallest absolute Gasteiger partial charge is 0.306 e. The highest BCUT2D eigenvalue weighted by molar-refractivity contribution is 5.72. The lowest BCUT2D eigenvalue weighted by Gasteiger charge is -2.22. The van der Waals surface area contributed by atoms with Crippen LogP contribution < -0.4 is 0 Å². The quantitative estimate of drug-likeness (QED) is 0.641. The number of rotatable bonds is 1. The van der Waals surface area contributed by atoms with E-state index in [0.29, 0.717) is 12.8 Å². The highest BCUT2D eigenvalue weighted by Crippen LogP contribution is 2.36. The van der Waals surface area contributed by atoms with Crippen LogP contribution >= 0.6 is 0 Å². The van der Waals surface area contributed by atoms with Crippen LogP contribution in [0, 0.1) is 5.82 Å². The molecule has 1 fully saturated rings. The first-order valence-corrected chi connectivity index (χ1v) is 4.58. The molecule has 0 spiro atoms. The van der Waals surface area contributed by atoms with Crippen molar-refractivity contribution in [2.24, 2.45) is 0 Å². The van der Waals surface area contributed by atoms with Gasteiger partial charge in [0, 0.05) is 12.8 Å². The third kappa shape index (κ3) is 1.50. The van der Waals surface area contributed by atoms with Crippen LogP contribution in [-0.4, -0.2) is 5.97 Å². The molecule has 14 heavy (non-hydrogen) atoms. The van der Waals surface area contributed by atoms with E-state index in [9.17, 15) is 9.18 Å². The first-order valence-electron chi connectivity index (χ1n) is 4.58. The molecule has 0 aliphatic carbocycles. The lowest BCUT2D eigenvalue weighted by molar-refractivity contribution is -0.147. The molecule has 1 heterocycles. The molecule has 0 N–H and O–H groups in total. The van der Waals surface area contributed by atoms with Crippen molar-refractivity contribution in [3.05, 3.63) is 35.6 Å². The van der Waals surface area contributed by atoms with E-state index in [1.807, 2.05) is 6.92 Å². The van der Waals surface area contributed by atoms with Crippen LogP contribution in [0.5, 0.6) is 0 Å². The van der Waals surface area contributed by atoms with Gasteiger partial charge >= 0.3 is 5.97 Å². The SMILES string of the molecule is CC1(c2cccc(F)c2)CCC(=O)O1. The Balaban J connectivity index is 2.34. The molecule has 3 heteroatoms. The van der Waals surface area contributed by atoms with Gasteiger partial charge in [-0.15, -0.1) is 0 Å². The summed E-state index contributed by atoms with van der Waals surface area (Å²) in [6, 6.07) is 6.20. The fourth-order valence-electron chi connectivity index (χ4n) is 1.71. The Morgan fingerprint density at radius 3 is 2.86 bits per heavy atom. The van der Waals surface area contributed by atoms with Crippen LogP contribution in [-0.2, 0) is 15.1 Å². The summed E-state index contributed by atoms with van der Waals surface area (Å²) in [5, 5.41) is 0. The van der Waals surface area contributed by atoms with Gasteiger partial charge in [0.15, 0.2) is 0 Å². The van der Waals surface area contributed by atoms with Crippen molar-refractivity contribution in [1.82, 2.24) is 0 Å². The maximum Gasteiger partial charge on any atom is 0.306 e. The molecule has 1 saturated heterocycles. The van der Waals surface area contributed by atoms with E-state index in [1.165, 1.54) is 12.1 Å². The van der Waals surface area contributed by atoms with Crippen molar-refractivity contribution < 1.29 is 13.9 Å². The van der Waals surface area contributed by atoms with Gasteiger partial charge in [-0.05, 0) is 24.6 Å². The molecule has 1 unspecified atom stereocenters. The highest BCUT2D eigenvalue weighted by atomic mass is 19.1. The van der Waals surface area contributed by atoms with Gasteiger partial charge in [-0.3, -0.25) is 4.79 Å². The third-order valence-corrected chi connectivity index (χ3v) is 2.58. The zero-order chi connectivity index (χ0) is 10.2. The molecule has 2 rings (SSSR count). The maximum atomic E-state index is 12.9. The van der Waals surface area contributed by atoms with Gasteiger partial charge in [0.2, 0.25) is 0 Å². The Bertz CT molecular complexity index is 375. The molecule has 1 aliphatic heterocycles. The summed E-state index contributed by atoms with van der Waals surface area (Å²) in [7, 11) is 0. The van der Waals surface area contributed by atoms with Crippen LogP contribution in [0.4, 0.5) is 4.39 Å². The second kappa shape index (κ2) is 3.08. The predicted octanol–water partition coefficient (Wildman–Crippen LogP) is 2.38. The summed E-state index contributed by atoms with van der Waals surface area (Å²) < 4.78 is 18.1. The van der Waals surface area contributed by atoms with E-state index in [1.54, 1.807) is 12.1 Å². The molecular formula is C11H11FO2. The summed E-state index contributed by atoms with van der Waals surface area (Å²) >= 11 is 0. The summed E-state index contributed by atoms with van der Waals surface area (Å²) in [6.45, 7) is 1.81. The number of hydrogen-bond donors (Lipinski definition) is 0. The zero-order valence-corrected chi connectivity index (χ0v) is 7.92. The molecule has 1 atom stereocenters. The van der Waals surface area contributed by atoms with Gasteiger partial charge in [0.25, 0.3) is 0 Å². The van der Waals surface area contributed by atoms with Crippen molar-refractivity contribution in [1.29, 1.82) is 0 Å². The Labute approximate surface area is 81.7 Å². The Morgan fingerprint density at radius 1 is 1.50 bits per heavy atom. The first-order chi connectivity index (χ1) is 6.60. The number of carbonyl (C=O) groups excluding carboxylic acids is 1. The topological polar surface area (TPSA) is 26.3 Å². The van der Waals surface area contributed by atoms with Gasteiger partial charge in [-0.2, -0.15) is 0 Å². The summed E-state index contributed by atoms with van der Waals surface area (Å²) in [5.41, 5.74) is 0.0856. The number of hydrogen-bond acceptors (Lipinski definition) is 2. The van der Waals surface area contributed by atoms with Crippen LogP contribution in [0.2, 0.25) is 0 Å². The lowest BCUT2D eigenvalue weighted by Crippen LogP contribution is -2.20. The minimum atomic E-state index is -0.640. The third-order valence-electron chi connectivity index (χ3n) is 2.58. The van der Waals surface area contributed by atoms with E-state index in [2.05, 4.69) is 0 Å². The van der Waals surface area contributed by atoms with Crippen LogP contribution in [0.1, 0.15) is 25.3 Å². The van der Waals surface area contributed by atoms with E-state index in [-0.39, 0.29) is 11.8 Å². The summed E-state index contributed by atoms with van der Waals surface area (Å²) in [4.78, 5) is 11.0. The van der Waals surface area contributed by atoms with Gasteiger partial charge in [-0.25, -0.2) is 4.39 Å². The summed E-state index contributed by atoms with van der Waals surface area (Å²) in [6.07, 6.45) is 1.03. The minimum Gasteiger partial charge on any atom is -0.454 e. The van der Waals surface area contributed by atoms with E-state index in [0.717, 1.165) is 5.56 Å². The van der Waals surface area contributed by atoms with E-state index >= 15 is 0 Å². The first kappa shape index (κ1) is 9.19. The number of esters is 1. The fraction of sp³-hybridized carbons (Fsp3) is 0.364. The average molecular weight is 194 g/mol. The number of cyclic esters (lactones) is 1. The van der Waals surface area contributed by atoms with Crippen molar-refractivity contribution >= 4 is 5.97 Å². The fourth-order valence-corrected chi connectivity index (χ4v) is 1.71. The average Bonchev–Trinajstić information content (AvgIpc) is 2.48. The zero-order valence-electron chi connectivity index (χ0n) is 7.92. The predicted molar refractivity (Wildman–Crippen MR) is 49.1 cm³/mol. The molecule has 0 saturated carbocycles. The largest absolute Gasteiger partial charge is 0.454 e. The molecule has 0 aromatic heterocycles. The van der Waals surface area contributed by atoms with Crippen molar-refractivity contribution in [3.63, 3.8) is 0 Å². The highest BCUT2D eigenvalue weighted by Gasteiger charge is 2.37. The number of benzene rings is 1. The summed E-state index contributed by atoms with van der Waals surface area (Å²) in [5.74, 6) is -0.511. The molecule has 0 bridgehead atoms. The second-order valence-electron chi connectivity index (χ2n) is 3.72. The maximum absolute atomic E-state index is 12.9. The standard InChI is InChI=1S/C11H11FO2/c1-11(6-5-10(13)14-11)8-3-2-4-9(12)7-8/h2-4,7H,5-6H2,1H3. The van der Waals surface area contributed by atoms with Crippen molar-refractivity contribution in [2.75, 3.05) is 0 Å². The van der Waals surface area contributed by atoms with Gasteiger partial charge < -0.3 is 4.74 Å². The molecule has 74 valence electrons. The molecule has 1 aromatic carbocycles. The molecular weight excluding hydrogens is 183 g/mol. The molecule has 1 aromatic rings. The van der Waals surface area contributed by atoms with Gasteiger partial charge in [0.1, 0.15) is 11.4 Å². The second-order valence-corrected chi connectivity index (χ2v) is 3.72. The van der Waals surface area contributed by atoms with E-state index in [4.69, 9.17) is 4.74 Å². The number of ether oxygens (including phenoxy) is 1. The monoisotopic (exact) mass is 194 g/mol. The van der Waals surface area contributed by atoms with Crippen molar-refractivity contribution in [3.8, 4) is 0 Å². The molecule has 2 nitrogen and oxygen atoms in total. The van der Waals surface area contributed by atoms with Crippen molar-refractivity contribution in [2.45, 2.75) is 25.4 Å². The number of carbonyl (C=O) groups is 1. The number of halogens is 1. The van der Waals surface area contributed by atoms with Gasteiger partial charge in [-0.1, -0.05) is 12.1 Å². The van der Waals surface area contributed by atoms with Crippen LogP contribution in [0.3, 0.4) is 0 Å². The van der Waals surface area contributed by atoms with Crippen LogP contribution in [0.25, 0.3) is 0 Å². The van der Waals surface area contributed by atoms with Gasteiger partial charge in [0.05, 0.1) is 0 Å². The lowest BCUT2D eigenvalue weighted by atomic mass is 9.93. The minimum absolute atomic E-state index is 0.211. The Kier molecular flexibility index (Phi) is 2.02. The Hall–Kier alpha value is -1.38. The molecule has 1 aliphatic rings. The van der Waals surface area contributed by atoms with E-state index < -0.39 is 5.60 Å². The Morgan fingerprint density at radius 2 is 2.29 bits per heavy atom. The normalized spacial score (nSPS) is 26.3.